The van der Waals surface area contributed by atoms with Gasteiger partial charge in [0.15, 0.2) is 0 Å². The van der Waals surface area contributed by atoms with Crippen molar-refractivity contribution in [3.63, 3.8) is 0 Å². The molecule has 0 unspecified atom stereocenters. The lowest BCUT2D eigenvalue weighted by atomic mass is 10.1. The molecule has 1 amide bonds. The molecule has 0 radical (unpaired) electrons. The first-order chi connectivity index (χ1) is 6.33. The summed E-state index contributed by atoms with van der Waals surface area (Å²) in [6.07, 6.45) is 6.88. The summed E-state index contributed by atoms with van der Waals surface area (Å²) in [7, 11) is 0. The van der Waals surface area contributed by atoms with E-state index in [1.807, 2.05) is 6.92 Å². The molecule has 0 bridgehead atoms. The van der Waals surface area contributed by atoms with Gasteiger partial charge in [-0.2, -0.15) is 0 Å². The fourth-order valence-electron chi connectivity index (χ4n) is 1.58. The first-order valence-electron chi connectivity index (χ1n) is 4.97. The number of rotatable bonds is 4. The quantitative estimate of drug-likeness (QED) is 0.632. The molecule has 0 aromatic carbocycles. The van der Waals surface area contributed by atoms with Crippen molar-refractivity contribution in [2.24, 2.45) is 0 Å². The summed E-state index contributed by atoms with van der Waals surface area (Å²) >= 11 is 0. The van der Waals surface area contributed by atoms with Crippen LogP contribution in [-0.4, -0.2) is 25.0 Å². The highest BCUT2D eigenvalue weighted by molar-refractivity contribution is 5.87. The zero-order valence-corrected chi connectivity index (χ0v) is 8.18. The van der Waals surface area contributed by atoms with E-state index in [2.05, 4.69) is 10.6 Å². The molecule has 74 valence electrons. The molecule has 1 rings (SSSR count). The Hall–Kier alpha value is -0.830. The highest BCUT2D eigenvalue weighted by Crippen LogP contribution is 2.07. The van der Waals surface area contributed by atoms with Gasteiger partial charge in [-0.1, -0.05) is 6.08 Å². The van der Waals surface area contributed by atoms with Gasteiger partial charge in [0.05, 0.1) is 0 Å². The summed E-state index contributed by atoms with van der Waals surface area (Å²) in [5.41, 5.74) is 0. The van der Waals surface area contributed by atoms with Gasteiger partial charge in [0, 0.05) is 12.6 Å². The highest BCUT2D eigenvalue weighted by atomic mass is 16.1. The maximum Gasteiger partial charge on any atom is 0.243 e. The second-order valence-electron chi connectivity index (χ2n) is 3.37. The zero-order valence-electron chi connectivity index (χ0n) is 8.18. The van der Waals surface area contributed by atoms with Crippen LogP contribution in [0.15, 0.2) is 12.2 Å². The van der Waals surface area contributed by atoms with Crippen LogP contribution in [0.25, 0.3) is 0 Å². The summed E-state index contributed by atoms with van der Waals surface area (Å²) in [5, 5.41) is 6.24. The van der Waals surface area contributed by atoms with Crippen molar-refractivity contribution in [3.8, 4) is 0 Å². The normalized spacial score (nSPS) is 22.4. The Labute approximate surface area is 79.6 Å². The molecule has 2 N–H and O–H groups in total. The third kappa shape index (κ3) is 4.08. The molecule has 0 aromatic heterocycles. The van der Waals surface area contributed by atoms with Gasteiger partial charge >= 0.3 is 0 Å². The minimum Gasteiger partial charge on any atom is -0.353 e. The van der Waals surface area contributed by atoms with E-state index in [0.717, 1.165) is 19.5 Å². The summed E-state index contributed by atoms with van der Waals surface area (Å²) in [5.74, 6) is 0.0143. The van der Waals surface area contributed by atoms with E-state index in [-0.39, 0.29) is 5.91 Å². The number of carbonyl (C=O) groups excluding carboxylic acids is 1. The second-order valence-corrected chi connectivity index (χ2v) is 3.37. The number of amides is 1. The lowest BCUT2D eigenvalue weighted by Gasteiger charge is -2.09. The van der Waals surface area contributed by atoms with Crippen LogP contribution in [0, 0.1) is 0 Å². The monoisotopic (exact) mass is 182 g/mol. The SMILES string of the molecule is C/C=C/C(=O)NCC[C@@H]1CCCN1. The molecule has 1 aliphatic rings. The molecule has 0 aliphatic carbocycles. The Morgan fingerprint density at radius 2 is 2.54 bits per heavy atom. The van der Waals surface area contributed by atoms with Crippen molar-refractivity contribution in [2.75, 3.05) is 13.1 Å². The molecule has 0 spiro atoms. The molecule has 1 aliphatic heterocycles. The Balaban J connectivity index is 2.02. The first-order valence-corrected chi connectivity index (χ1v) is 4.97. The standard InChI is InChI=1S/C10H18N2O/c1-2-4-10(13)12-8-6-9-5-3-7-11-9/h2,4,9,11H,3,5-8H2,1H3,(H,12,13)/b4-2+/t9-/m0/s1. The predicted octanol–water partition coefficient (Wildman–Crippen LogP) is 0.821. The number of nitrogens with one attached hydrogen (secondary N) is 2. The molecule has 0 saturated carbocycles. The van der Waals surface area contributed by atoms with E-state index in [9.17, 15) is 4.79 Å². The molecule has 3 nitrogen and oxygen atoms in total. The van der Waals surface area contributed by atoms with Crippen LogP contribution in [0.3, 0.4) is 0 Å². The lowest BCUT2D eigenvalue weighted by Crippen LogP contribution is -2.29. The molecule has 1 atom stereocenters. The number of hydrogen-bond acceptors (Lipinski definition) is 2. The molecular formula is C10H18N2O. The topological polar surface area (TPSA) is 41.1 Å². The Morgan fingerprint density at radius 1 is 1.69 bits per heavy atom. The van der Waals surface area contributed by atoms with Gasteiger partial charge < -0.3 is 10.6 Å². The lowest BCUT2D eigenvalue weighted by molar-refractivity contribution is -0.116. The van der Waals surface area contributed by atoms with Crippen LogP contribution in [-0.2, 0) is 4.79 Å². The van der Waals surface area contributed by atoms with E-state index in [1.165, 1.54) is 12.8 Å². The Bertz CT molecular complexity index is 183. The van der Waals surface area contributed by atoms with Gasteiger partial charge in [0.1, 0.15) is 0 Å². The van der Waals surface area contributed by atoms with Crippen molar-refractivity contribution in [1.82, 2.24) is 10.6 Å². The molecule has 3 heteroatoms. The third-order valence-corrected chi connectivity index (χ3v) is 2.27. The highest BCUT2D eigenvalue weighted by Gasteiger charge is 2.12. The van der Waals surface area contributed by atoms with Crippen LogP contribution in [0.1, 0.15) is 26.2 Å². The smallest absolute Gasteiger partial charge is 0.243 e. The van der Waals surface area contributed by atoms with Crippen LogP contribution >= 0.6 is 0 Å². The van der Waals surface area contributed by atoms with E-state index >= 15 is 0 Å². The van der Waals surface area contributed by atoms with Crippen LogP contribution in [0.2, 0.25) is 0 Å². The largest absolute Gasteiger partial charge is 0.353 e. The van der Waals surface area contributed by atoms with Crippen molar-refractivity contribution in [1.29, 1.82) is 0 Å². The Kier molecular flexibility index (Phi) is 4.54. The third-order valence-electron chi connectivity index (χ3n) is 2.27. The van der Waals surface area contributed by atoms with Crippen molar-refractivity contribution >= 4 is 5.91 Å². The van der Waals surface area contributed by atoms with Gasteiger partial charge in [-0.25, -0.2) is 0 Å². The maximum atomic E-state index is 11.0. The average molecular weight is 182 g/mol. The fourth-order valence-corrected chi connectivity index (χ4v) is 1.58. The molecule has 1 saturated heterocycles. The van der Waals surface area contributed by atoms with Crippen LogP contribution in [0.4, 0.5) is 0 Å². The summed E-state index contributed by atoms with van der Waals surface area (Å²) in [4.78, 5) is 11.0. The minimum absolute atomic E-state index is 0.0143. The zero-order chi connectivity index (χ0) is 9.52. The van der Waals surface area contributed by atoms with E-state index in [1.54, 1.807) is 12.2 Å². The van der Waals surface area contributed by atoms with E-state index in [0.29, 0.717) is 6.04 Å². The van der Waals surface area contributed by atoms with Crippen LogP contribution in [0.5, 0.6) is 0 Å². The molecule has 13 heavy (non-hydrogen) atoms. The number of allylic oxidation sites excluding steroid dienone is 1. The molecule has 1 heterocycles. The van der Waals surface area contributed by atoms with Gasteiger partial charge in [-0.3, -0.25) is 4.79 Å². The van der Waals surface area contributed by atoms with Crippen LogP contribution < -0.4 is 10.6 Å². The summed E-state index contributed by atoms with van der Waals surface area (Å²) in [6.45, 7) is 3.76. The second kappa shape index (κ2) is 5.75. The van der Waals surface area contributed by atoms with Crippen molar-refractivity contribution in [3.05, 3.63) is 12.2 Å². The maximum absolute atomic E-state index is 11.0. The average Bonchev–Trinajstić information content (AvgIpc) is 2.57. The fraction of sp³-hybridized carbons (Fsp3) is 0.700. The van der Waals surface area contributed by atoms with Gasteiger partial charge in [0.25, 0.3) is 0 Å². The number of hydrogen-bond donors (Lipinski definition) is 2. The molecular weight excluding hydrogens is 164 g/mol. The number of carbonyl (C=O) groups is 1. The molecule has 0 aromatic rings. The van der Waals surface area contributed by atoms with E-state index in [4.69, 9.17) is 0 Å². The molecule has 1 fully saturated rings. The first kappa shape index (κ1) is 10.3. The van der Waals surface area contributed by atoms with E-state index < -0.39 is 0 Å². The summed E-state index contributed by atoms with van der Waals surface area (Å²) < 4.78 is 0. The minimum atomic E-state index is 0.0143. The predicted molar refractivity (Wildman–Crippen MR) is 53.5 cm³/mol. The van der Waals surface area contributed by atoms with Crippen molar-refractivity contribution < 1.29 is 4.79 Å². The van der Waals surface area contributed by atoms with Crippen molar-refractivity contribution in [2.45, 2.75) is 32.2 Å². The Morgan fingerprint density at radius 3 is 3.15 bits per heavy atom. The summed E-state index contributed by atoms with van der Waals surface area (Å²) in [6, 6.07) is 0.617. The van der Waals surface area contributed by atoms with Gasteiger partial charge in [-0.05, 0) is 38.8 Å². The van der Waals surface area contributed by atoms with Gasteiger partial charge in [-0.15, -0.1) is 0 Å². The van der Waals surface area contributed by atoms with Gasteiger partial charge in [0.2, 0.25) is 5.91 Å².